The van der Waals surface area contributed by atoms with Crippen molar-refractivity contribution >= 4 is 21.8 Å². The lowest BCUT2D eigenvalue weighted by Crippen LogP contribution is -2.27. The van der Waals surface area contributed by atoms with E-state index < -0.39 is 0 Å². The highest BCUT2D eigenvalue weighted by Crippen LogP contribution is 2.36. The summed E-state index contributed by atoms with van der Waals surface area (Å²) in [5.74, 6) is 2.42. The van der Waals surface area contributed by atoms with Gasteiger partial charge in [0.1, 0.15) is 17.3 Å². The van der Waals surface area contributed by atoms with Crippen LogP contribution in [0, 0.1) is 6.33 Å². The molecule has 41 heavy (non-hydrogen) atoms. The van der Waals surface area contributed by atoms with Gasteiger partial charge in [-0.25, -0.2) is 4.98 Å². The molecule has 4 aromatic carbocycles. The van der Waals surface area contributed by atoms with Crippen LogP contribution in [-0.4, -0.2) is 14.1 Å². The number of imidazole rings is 1. The number of aromatic nitrogens is 4. The van der Waals surface area contributed by atoms with Gasteiger partial charge in [-0.3, -0.25) is 13.7 Å². The number of fused-ring (bicyclic) bond motifs is 3. The predicted molar refractivity (Wildman–Crippen MR) is 163 cm³/mol. The summed E-state index contributed by atoms with van der Waals surface area (Å²) in [4.78, 5) is 4.79. The molecule has 3 aromatic heterocycles. The minimum absolute atomic E-state index is 0.0211. The summed E-state index contributed by atoms with van der Waals surface area (Å²) in [5.41, 5.74) is 5.47. The molecule has 0 aliphatic carbocycles. The zero-order chi connectivity index (χ0) is 28.0. The first-order valence-electron chi connectivity index (χ1n) is 13.8. The first-order valence-corrected chi connectivity index (χ1v) is 13.8. The van der Waals surface area contributed by atoms with Gasteiger partial charge < -0.3 is 4.74 Å². The molecular formula is C36H30N4O. The van der Waals surface area contributed by atoms with Gasteiger partial charge in [-0.1, -0.05) is 63.2 Å². The molecule has 0 saturated heterocycles. The molecule has 5 heteroatoms. The van der Waals surface area contributed by atoms with Crippen LogP contribution in [0.3, 0.4) is 0 Å². The van der Waals surface area contributed by atoms with Crippen LogP contribution < -0.4 is 9.30 Å². The van der Waals surface area contributed by atoms with Crippen molar-refractivity contribution < 1.29 is 9.30 Å². The molecule has 5 nitrogen and oxygen atoms in total. The molecule has 0 N–H and O–H groups in total. The third kappa shape index (κ3) is 4.66. The van der Waals surface area contributed by atoms with Crippen molar-refractivity contribution in [2.24, 2.45) is 0 Å². The molecule has 0 amide bonds. The zero-order valence-corrected chi connectivity index (χ0v) is 23.3. The first kappa shape index (κ1) is 24.9. The van der Waals surface area contributed by atoms with E-state index in [2.05, 4.69) is 92.3 Å². The summed E-state index contributed by atoms with van der Waals surface area (Å²) in [7, 11) is 0. The van der Waals surface area contributed by atoms with Crippen molar-refractivity contribution in [3.05, 3.63) is 140 Å². The van der Waals surface area contributed by atoms with Crippen LogP contribution in [0.4, 0.5) is 0 Å². The molecule has 7 aromatic rings. The molecule has 7 rings (SSSR count). The van der Waals surface area contributed by atoms with Gasteiger partial charge in [0, 0.05) is 35.4 Å². The summed E-state index contributed by atoms with van der Waals surface area (Å²) in [5, 5.41) is 2.35. The van der Waals surface area contributed by atoms with Crippen molar-refractivity contribution in [1.82, 2.24) is 14.1 Å². The first-order chi connectivity index (χ1) is 19.9. The highest BCUT2D eigenvalue weighted by atomic mass is 16.5. The van der Waals surface area contributed by atoms with E-state index >= 15 is 0 Å². The maximum atomic E-state index is 6.44. The van der Waals surface area contributed by atoms with E-state index in [1.165, 1.54) is 10.9 Å². The van der Waals surface area contributed by atoms with E-state index in [9.17, 15) is 0 Å². The number of para-hydroxylation sites is 2. The van der Waals surface area contributed by atoms with E-state index in [1.54, 1.807) is 0 Å². The zero-order valence-electron chi connectivity index (χ0n) is 23.3. The van der Waals surface area contributed by atoms with Crippen molar-refractivity contribution in [2.45, 2.75) is 26.2 Å². The number of hydrogen-bond acceptors (Lipinski definition) is 2. The number of pyridine rings is 1. The van der Waals surface area contributed by atoms with Crippen LogP contribution in [0.15, 0.2) is 128 Å². The molecule has 0 aliphatic rings. The fraction of sp³-hybridized carbons (Fsp3) is 0.111. The summed E-state index contributed by atoms with van der Waals surface area (Å²) in [6, 6.07) is 37.3. The third-order valence-electron chi connectivity index (χ3n) is 7.43. The van der Waals surface area contributed by atoms with Gasteiger partial charge in [0.15, 0.2) is 0 Å². The molecule has 0 aliphatic heterocycles. The molecule has 0 unspecified atom stereocenters. The van der Waals surface area contributed by atoms with Gasteiger partial charge in [-0.15, -0.1) is 0 Å². The van der Waals surface area contributed by atoms with Crippen LogP contribution in [0.1, 0.15) is 26.3 Å². The SMILES string of the molecule is CC(C)(C)c1ccnc(-n2c3ccccc3c3ccc(Oc4cccc(-n5[c-][n+](-c6ccccc6)cc5)c4)cc32)c1. The Morgan fingerprint density at radius 2 is 1.51 bits per heavy atom. The second kappa shape index (κ2) is 9.79. The Labute approximate surface area is 239 Å². The van der Waals surface area contributed by atoms with E-state index in [1.807, 2.05) is 76.3 Å². The summed E-state index contributed by atoms with van der Waals surface area (Å²) in [6.07, 6.45) is 9.28. The minimum atomic E-state index is 0.0211. The highest BCUT2D eigenvalue weighted by Gasteiger charge is 2.18. The molecule has 0 atom stereocenters. The standard InChI is InChI=1S/C36H30N4O/c1-36(2,3)26-18-19-37-35(22-26)40-33-15-8-7-14-31(33)32-17-16-30(24-34(32)40)41-29-13-9-12-28(23-29)39-21-20-38(25-39)27-10-5-4-6-11-27/h4-24H,1-3H3. The topological polar surface area (TPSA) is 35.9 Å². The average Bonchev–Trinajstić information content (AvgIpc) is 3.61. The fourth-order valence-electron chi connectivity index (χ4n) is 5.29. The van der Waals surface area contributed by atoms with Crippen molar-refractivity contribution in [3.8, 4) is 28.7 Å². The molecular weight excluding hydrogens is 504 g/mol. The molecule has 0 radical (unpaired) electrons. The molecule has 0 spiro atoms. The Kier molecular flexibility index (Phi) is 5.93. The van der Waals surface area contributed by atoms with Crippen LogP contribution in [0.25, 0.3) is 39.0 Å². The monoisotopic (exact) mass is 534 g/mol. The lowest BCUT2D eigenvalue weighted by atomic mass is 9.88. The Bertz CT molecular complexity index is 2010. The fourth-order valence-corrected chi connectivity index (χ4v) is 5.29. The van der Waals surface area contributed by atoms with Crippen molar-refractivity contribution in [3.63, 3.8) is 0 Å². The smallest absolute Gasteiger partial charge is 0.268 e. The van der Waals surface area contributed by atoms with Crippen molar-refractivity contribution in [2.75, 3.05) is 0 Å². The quantitative estimate of drug-likeness (QED) is 0.165. The van der Waals surface area contributed by atoms with Gasteiger partial charge in [0.05, 0.1) is 22.4 Å². The lowest BCUT2D eigenvalue weighted by Gasteiger charge is -2.20. The van der Waals surface area contributed by atoms with Crippen LogP contribution in [0.2, 0.25) is 0 Å². The molecule has 0 bridgehead atoms. The maximum absolute atomic E-state index is 6.44. The maximum Gasteiger partial charge on any atom is 0.268 e. The van der Waals surface area contributed by atoms with Gasteiger partial charge >= 0.3 is 0 Å². The van der Waals surface area contributed by atoms with Gasteiger partial charge in [0.25, 0.3) is 6.33 Å². The Morgan fingerprint density at radius 1 is 0.732 bits per heavy atom. The Morgan fingerprint density at radius 3 is 2.37 bits per heavy atom. The van der Waals surface area contributed by atoms with Crippen LogP contribution in [0.5, 0.6) is 11.5 Å². The van der Waals surface area contributed by atoms with Gasteiger partial charge in [-0.2, -0.15) is 0 Å². The number of benzene rings is 4. The average molecular weight is 535 g/mol. The molecule has 0 fully saturated rings. The third-order valence-corrected chi connectivity index (χ3v) is 7.43. The minimum Gasteiger partial charge on any atom is -0.458 e. The summed E-state index contributed by atoms with van der Waals surface area (Å²) < 4.78 is 12.6. The second-order valence-electron chi connectivity index (χ2n) is 11.3. The van der Waals surface area contributed by atoms with E-state index in [0.717, 1.165) is 45.1 Å². The largest absolute Gasteiger partial charge is 0.458 e. The molecule has 200 valence electrons. The Hall–Kier alpha value is -5.16. The second-order valence-corrected chi connectivity index (χ2v) is 11.3. The number of ether oxygens (including phenoxy) is 1. The summed E-state index contributed by atoms with van der Waals surface area (Å²) in [6.45, 7) is 6.68. The predicted octanol–water partition coefficient (Wildman–Crippen LogP) is 8.14. The summed E-state index contributed by atoms with van der Waals surface area (Å²) >= 11 is 0. The number of nitrogens with zero attached hydrogens (tertiary/aromatic N) is 4. The molecule has 3 heterocycles. The van der Waals surface area contributed by atoms with E-state index in [4.69, 9.17) is 9.72 Å². The highest BCUT2D eigenvalue weighted by molar-refractivity contribution is 6.09. The van der Waals surface area contributed by atoms with E-state index in [0.29, 0.717) is 0 Å². The van der Waals surface area contributed by atoms with E-state index in [-0.39, 0.29) is 5.41 Å². The van der Waals surface area contributed by atoms with Crippen LogP contribution >= 0.6 is 0 Å². The van der Waals surface area contributed by atoms with Gasteiger partial charge in [0.2, 0.25) is 0 Å². The molecule has 0 saturated carbocycles. The lowest BCUT2D eigenvalue weighted by molar-refractivity contribution is -0.599. The normalized spacial score (nSPS) is 11.8. The Balaban J connectivity index is 1.27. The number of hydrogen-bond donors (Lipinski definition) is 0. The van der Waals surface area contributed by atoms with Gasteiger partial charge in [-0.05, 0) is 71.6 Å². The number of rotatable bonds is 5. The van der Waals surface area contributed by atoms with Crippen molar-refractivity contribution in [1.29, 1.82) is 0 Å². The van der Waals surface area contributed by atoms with Crippen LogP contribution in [-0.2, 0) is 5.41 Å².